The van der Waals surface area contributed by atoms with Gasteiger partial charge < -0.3 is 11.1 Å². The third-order valence-corrected chi connectivity index (χ3v) is 1.52. The van der Waals surface area contributed by atoms with Crippen LogP contribution in [0.2, 0.25) is 0 Å². The standard InChI is InChI=1S/C6H11N3O2.ClH/c7-2-1-3-9-5(10)4-8-6(9)11;/h1-4,7H2,(H,8,11);1H. The first-order valence-electron chi connectivity index (χ1n) is 3.54. The summed E-state index contributed by atoms with van der Waals surface area (Å²) in [7, 11) is 0. The van der Waals surface area contributed by atoms with Crippen molar-refractivity contribution in [3.63, 3.8) is 0 Å². The van der Waals surface area contributed by atoms with Gasteiger partial charge in [0.05, 0.1) is 6.54 Å². The van der Waals surface area contributed by atoms with E-state index in [1.807, 2.05) is 0 Å². The fourth-order valence-electron chi connectivity index (χ4n) is 0.931. The molecule has 0 radical (unpaired) electrons. The second kappa shape index (κ2) is 4.95. The average molecular weight is 194 g/mol. The van der Waals surface area contributed by atoms with Crippen molar-refractivity contribution in [3.05, 3.63) is 0 Å². The molecular weight excluding hydrogens is 182 g/mol. The van der Waals surface area contributed by atoms with E-state index in [2.05, 4.69) is 5.32 Å². The van der Waals surface area contributed by atoms with Gasteiger partial charge in [0.15, 0.2) is 0 Å². The van der Waals surface area contributed by atoms with E-state index >= 15 is 0 Å². The zero-order valence-corrected chi connectivity index (χ0v) is 7.39. The number of carbonyl (C=O) groups is 2. The molecule has 70 valence electrons. The lowest BCUT2D eigenvalue weighted by Gasteiger charge is -2.10. The Bertz CT molecular complexity index is 170. The van der Waals surface area contributed by atoms with Crippen LogP contribution in [0.1, 0.15) is 6.42 Å². The minimum Gasteiger partial charge on any atom is -0.330 e. The Kier molecular flexibility index (Phi) is 4.61. The zero-order chi connectivity index (χ0) is 8.27. The van der Waals surface area contributed by atoms with E-state index < -0.39 is 0 Å². The Morgan fingerprint density at radius 3 is 2.58 bits per heavy atom. The highest BCUT2D eigenvalue weighted by molar-refractivity contribution is 6.01. The van der Waals surface area contributed by atoms with Crippen molar-refractivity contribution in [3.8, 4) is 0 Å². The van der Waals surface area contributed by atoms with Crippen molar-refractivity contribution >= 4 is 24.3 Å². The SMILES string of the molecule is Cl.NCCCN1C(=O)CNC1=O. The maximum Gasteiger partial charge on any atom is 0.324 e. The first-order valence-corrected chi connectivity index (χ1v) is 3.54. The van der Waals surface area contributed by atoms with Gasteiger partial charge in [-0.1, -0.05) is 0 Å². The number of rotatable bonds is 3. The minimum absolute atomic E-state index is 0. The summed E-state index contributed by atoms with van der Waals surface area (Å²) < 4.78 is 0. The predicted molar refractivity (Wildman–Crippen MR) is 46.0 cm³/mol. The summed E-state index contributed by atoms with van der Waals surface area (Å²) in [5.41, 5.74) is 5.23. The van der Waals surface area contributed by atoms with E-state index in [1.54, 1.807) is 0 Å². The number of nitrogens with one attached hydrogen (secondary N) is 1. The lowest BCUT2D eigenvalue weighted by atomic mass is 10.4. The maximum atomic E-state index is 10.9. The Labute approximate surface area is 76.7 Å². The molecule has 1 fully saturated rings. The Hall–Kier alpha value is -0.810. The molecule has 0 unspecified atom stereocenters. The number of halogens is 1. The van der Waals surface area contributed by atoms with E-state index in [0.29, 0.717) is 19.5 Å². The van der Waals surface area contributed by atoms with Crippen molar-refractivity contribution in [2.24, 2.45) is 5.73 Å². The van der Waals surface area contributed by atoms with Crippen LogP contribution in [0.3, 0.4) is 0 Å². The van der Waals surface area contributed by atoms with Crippen LogP contribution in [0.15, 0.2) is 0 Å². The van der Waals surface area contributed by atoms with Gasteiger partial charge in [-0.15, -0.1) is 12.4 Å². The first kappa shape index (κ1) is 11.2. The fraction of sp³-hybridized carbons (Fsp3) is 0.667. The van der Waals surface area contributed by atoms with Crippen molar-refractivity contribution in [2.45, 2.75) is 6.42 Å². The summed E-state index contributed by atoms with van der Waals surface area (Å²) in [6.45, 7) is 1.06. The molecule has 3 N–H and O–H groups in total. The molecule has 1 heterocycles. The second-order valence-electron chi connectivity index (χ2n) is 2.35. The normalized spacial score (nSPS) is 15.9. The molecule has 0 bridgehead atoms. The largest absolute Gasteiger partial charge is 0.330 e. The summed E-state index contributed by atoms with van der Waals surface area (Å²) in [5, 5.41) is 2.42. The molecule has 0 aromatic heterocycles. The van der Waals surface area contributed by atoms with Gasteiger partial charge in [0, 0.05) is 6.54 Å². The summed E-state index contributed by atoms with van der Waals surface area (Å²) in [6, 6.07) is -0.302. The van der Waals surface area contributed by atoms with Crippen LogP contribution in [0.5, 0.6) is 0 Å². The number of hydrogen-bond donors (Lipinski definition) is 2. The van der Waals surface area contributed by atoms with Gasteiger partial charge in [-0.3, -0.25) is 9.69 Å². The van der Waals surface area contributed by atoms with Crippen LogP contribution in [0.4, 0.5) is 4.79 Å². The number of imide groups is 1. The molecule has 1 aliphatic heterocycles. The van der Waals surface area contributed by atoms with Gasteiger partial charge in [-0.05, 0) is 13.0 Å². The smallest absolute Gasteiger partial charge is 0.324 e. The first-order chi connectivity index (χ1) is 5.25. The van der Waals surface area contributed by atoms with Gasteiger partial charge in [-0.2, -0.15) is 0 Å². The molecule has 5 nitrogen and oxygen atoms in total. The summed E-state index contributed by atoms with van der Waals surface area (Å²) in [4.78, 5) is 22.9. The van der Waals surface area contributed by atoms with Crippen molar-refractivity contribution < 1.29 is 9.59 Å². The van der Waals surface area contributed by atoms with Crippen LogP contribution >= 0.6 is 12.4 Å². The van der Waals surface area contributed by atoms with E-state index in [-0.39, 0.29) is 30.9 Å². The number of urea groups is 1. The summed E-state index contributed by atoms with van der Waals surface area (Å²) in [6.07, 6.45) is 0.666. The number of nitrogens with two attached hydrogens (primary N) is 1. The highest BCUT2D eigenvalue weighted by Gasteiger charge is 2.27. The van der Waals surface area contributed by atoms with Gasteiger partial charge in [0.1, 0.15) is 0 Å². The quantitative estimate of drug-likeness (QED) is 0.583. The highest BCUT2D eigenvalue weighted by atomic mass is 35.5. The molecule has 0 atom stereocenters. The molecule has 0 aromatic rings. The number of nitrogens with zero attached hydrogens (tertiary/aromatic N) is 1. The molecule has 6 heteroatoms. The topological polar surface area (TPSA) is 75.4 Å². The van der Waals surface area contributed by atoms with Crippen molar-refractivity contribution in [1.82, 2.24) is 10.2 Å². The van der Waals surface area contributed by atoms with Crippen molar-refractivity contribution in [2.75, 3.05) is 19.6 Å². The van der Waals surface area contributed by atoms with Crippen LogP contribution in [0, 0.1) is 0 Å². The van der Waals surface area contributed by atoms with Gasteiger partial charge in [-0.25, -0.2) is 4.79 Å². The molecule has 1 rings (SSSR count). The molecule has 0 aromatic carbocycles. The van der Waals surface area contributed by atoms with Gasteiger partial charge >= 0.3 is 6.03 Å². The van der Waals surface area contributed by atoms with E-state index in [0.717, 1.165) is 0 Å². The van der Waals surface area contributed by atoms with E-state index in [1.165, 1.54) is 4.90 Å². The minimum atomic E-state index is -0.302. The number of amides is 3. The Balaban J connectivity index is 0.00000121. The molecule has 0 aliphatic carbocycles. The van der Waals surface area contributed by atoms with Gasteiger partial charge in [0.25, 0.3) is 0 Å². The maximum absolute atomic E-state index is 10.9. The molecule has 1 aliphatic rings. The van der Waals surface area contributed by atoms with Crippen LogP contribution < -0.4 is 11.1 Å². The zero-order valence-electron chi connectivity index (χ0n) is 6.58. The average Bonchev–Trinajstić information content (AvgIpc) is 2.29. The number of hydrogen-bond acceptors (Lipinski definition) is 3. The third kappa shape index (κ3) is 2.35. The molecule has 1 saturated heterocycles. The van der Waals surface area contributed by atoms with Crippen LogP contribution in [-0.4, -0.2) is 36.5 Å². The highest BCUT2D eigenvalue weighted by Crippen LogP contribution is 1.98. The van der Waals surface area contributed by atoms with Gasteiger partial charge in [0.2, 0.25) is 5.91 Å². The van der Waals surface area contributed by atoms with Crippen LogP contribution in [-0.2, 0) is 4.79 Å². The lowest BCUT2D eigenvalue weighted by Crippen LogP contribution is -2.32. The number of carbonyl (C=O) groups excluding carboxylic acids is 2. The summed E-state index contributed by atoms with van der Waals surface area (Å²) >= 11 is 0. The Morgan fingerprint density at radius 2 is 2.17 bits per heavy atom. The fourth-order valence-corrected chi connectivity index (χ4v) is 0.931. The molecule has 12 heavy (non-hydrogen) atoms. The van der Waals surface area contributed by atoms with Crippen LogP contribution in [0.25, 0.3) is 0 Å². The lowest BCUT2D eigenvalue weighted by molar-refractivity contribution is -0.124. The third-order valence-electron chi connectivity index (χ3n) is 1.52. The molecule has 3 amide bonds. The molecular formula is C6H12ClN3O2. The Morgan fingerprint density at radius 1 is 1.50 bits per heavy atom. The van der Waals surface area contributed by atoms with Crippen molar-refractivity contribution in [1.29, 1.82) is 0 Å². The molecule has 0 spiro atoms. The monoisotopic (exact) mass is 193 g/mol. The summed E-state index contributed by atoms with van der Waals surface area (Å²) in [5.74, 6) is -0.163. The predicted octanol–water partition coefficient (Wildman–Crippen LogP) is -0.691. The molecule has 0 saturated carbocycles. The van der Waals surface area contributed by atoms with E-state index in [9.17, 15) is 9.59 Å². The second-order valence-corrected chi connectivity index (χ2v) is 2.35. The van der Waals surface area contributed by atoms with E-state index in [4.69, 9.17) is 5.73 Å².